The molecular weight excluding hydrogens is 384 g/mol. The highest BCUT2D eigenvalue weighted by Gasteiger charge is 2.35. The zero-order chi connectivity index (χ0) is 20.9. The molecule has 30 heavy (non-hydrogen) atoms. The third-order valence-corrected chi connectivity index (χ3v) is 6.60. The van der Waals surface area contributed by atoms with Crippen molar-refractivity contribution in [2.24, 2.45) is 5.92 Å². The maximum absolute atomic E-state index is 12.8. The molecule has 0 saturated carbocycles. The second-order valence-electron chi connectivity index (χ2n) is 8.60. The lowest BCUT2D eigenvalue weighted by molar-refractivity contribution is -0.144. The van der Waals surface area contributed by atoms with Crippen molar-refractivity contribution in [3.05, 3.63) is 35.4 Å². The number of hydrogen-bond acceptors (Lipinski definition) is 5. The fraction of sp³-hybridized carbons (Fsp3) is 0.652. The number of fused-ring (bicyclic) bond motifs is 1. The fourth-order valence-corrected chi connectivity index (χ4v) is 4.74. The quantitative estimate of drug-likeness (QED) is 0.758. The van der Waals surface area contributed by atoms with Crippen LogP contribution in [0.2, 0.25) is 0 Å². The van der Waals surface area contributed by atoms with Crippen LogP contribution in [0.4, 0.5) is 0 Å². The zero-order valence-corrected chi connectivity index (χ0v) is 17.4. The summed E-state index contributed by atoms with van der Waals surface area (Å²) in [7, 11) is 0. The van der Waals surface area contributed by atoms with Gasteiger partial charge in [-0.2, -0.15) is 0 Å². The van der Waals surface area contributed by atoms with E-state index in [1.165, 1.54) is 11.1 Å². The van der Waals surface area contributed by atoms with Crippen molar-refractivity contribution in [2.45, 2.75) is 63.3 Å². The van der Waals surface area contributed by atoms with Gasteiger partial charge in [-0.25, -0.2) is 0 Å². The third kappa shape index (κ3) is 5.02. The molecule has 0 bridgehead atoms. The molecule has 0 radical (unpaired) electrons. The van der Waals surface area contributed by atoms with Crippen LogP contribution in [0, 0.1) is 5.92 Å². The summed E-state index contributed by atoms with van der Waals surface area (Å²) >= 11 is 0. The fourth-order valence-electron chi connectivity index (χ4n) is 4.74. The maximum Gasteiger partial charge on any atom is 0.225 e. The summed E-state index contributed by atoms with van der Waals surface area (Å²) in [5.74, 6) is 0.0853. The first kappa shape index (κ1) is 21.3. The van der Waals surface area contributed by atoms with Crippen molar-refractivity contribution in [1.82, 2.24) is 10.2 Å². The third-order valence-electron chi connectivity index (χ3n) is 6.60. The van der Waals surface area contributed by atoms with E-state index in [4.69, 9.17) is 9.47 Å². The number of carbonyl (C=O) groups excluding carboxylic acids is 2. The standard InChI is InChI=1S/C23H32N2O5/c26-15-21-20(24-23(28)17-8-11-29-12-9-17)6-5-19(30-21)13-22(27)25-10-7-16-3-1-2-4-18(16)14-25/h1-4,17,19-21,26H,5-15H2,(H,24,28)/t19-,20+,21-/m1/s1. The highest BCUT2D eigenvalue weighted by molar-refractivity contribution is 5.79. The highest BCUT2D eigenvalue weighted by Crippen LogP contribution is 2.25. The summed E-state index contributed by atoms with van der Waals surface area (Å²) in [6, 6.07) is 8.05. The normalized spacial score (nSPS) is 27.4. The molecule has 0 unspecified atom stereocenters. The van der Waals surface area contributed by atoms with Crippen molar-refractivity contribution in [3.8, 4) is 0 Å². The van der Waals surface area contributed by atoms with E-state index in [2.05, 4.69) is 17.4 Å². The highest BCUT2D eigenvalue weighted by atomic mass is 16.5. The summed E-state index contributed by atoms with van der Waals surface area (Å²) in [6.45, 7) is 2.45. The Morgan fingerprint density at radius 1 is 1.10 bits per heavy atom. The average molecular weight is 417 g/mol. The number of rotatable bonds is 5. The Hall–Kier alpha value is -1.96. The minimum absolute atomic E-state index is 0.0202. The Bertz CT molecular complexity index is 749. The first-order valence-electron chi connectivity index (χ1n) is 11.1. The first-order chi connectivity index (χ1) is 14.6. The predicted molar refractivity (Wildman–Crippen MR) is 111 cm³/mol. The Balaban J connectivity index is 1.27. The number of nitrogens with zero attached hydrogens (tertiary/aromatic N) is 1. The number of amides is 2. The van der Waals surface area contributed by atoms with Crippen molar-refractivity contribution in [1.29, 1.82) is 0 Å². The predicted octanol–water partition coefficient (Wildman–Crippen LogP) is 1.41. The summed E-state index contributed by atoms with van der Waals surface area (Å²) < 4.78 is 11.4. The summed E-state index contributed by atoms with van der Waals surface area (Å²) in [5.41, 5.74) is 2.53. The molecule has 2 N–H and O–H groups in total. The lowest BCUT2D eigenvalue weighted by atomic mass is 9.94. The molecule has 1 aromatic carbocycles. The van der Waals surface area contributed by atoms with Crippen LogP contribution < -0.4 is 5.32 Å². The second-order valence-corrected chi connectivity index (χ2v) is 8.60. The molecule has 0 aliphatic carbocycles. The molecule has 0 aromatic heterocycles. The van der Waals surface area contributed by atoms with Crippen LogP contribution >= 0.6 is 0 Å². The van der Waals surface area contributed by atoms with Crippen molar-refractivity contribution < 1.29 is 24.2 Å². The van der Waals surface area contributed by atoms with Gasteiger partial charge in [0.25, 0.3) is 0 Å². The van der Waals surface area contributed by atoms with E-state index < -0.39 is 6.10 Å². The van der Waals surface area contributed by atoms with E-state index >= 15 is 0 Å². The van der Waals surface area contributed by atoms with E-state index in [9.17, 15) is 14.7 Å². The van der Waals surface area contributed by atoms with Gasteiger partial charge in [0.05, 0.1) is 25.2 Å². The number of ether oxygens (including phenoxy) is 2. The summed E-state index contributed by atoms with van der Waals surface area (Å²) in [5, 5.41) is 12.9. The van der Waals surface area contributed by atoms with Gasteiger partial charge in [-0.15, -0.1) is 0 Å². The van der Waals surface area contributed by atoms with Gasteiger partial charge >= 0.3 is 0 Å². The minimum Gasteiger partial charge on any atom is -0.394 e. The maximum atomic E-state index is 12.8. The van der Waals surface area contributed by atoms with E-state index in [0.29, 0.717) is 39.0 Å². The molecule has 2 amide bonds. The Morgan fingerprint density at radius 2 is 1.87 bits per heavy atom. The smallest absolute Gasteiger partial charge is 0.225 e. The van der Waals surface area contributed by atoms with Gasteiger partial charge < -0.3 is 24.8 Å². The van der Waals surface area contributed by atoms with Crippen LogP contribution in [-0.2, 0) is 32.0 Å². The lowest BCUT2D eigenvalue weighted by Crippen LogP contribution is -2.53. The number of hydrogen-bond donors (Lipinski definition) is 2. The number of aliphatic hydroxyl groups is 1. The van der Waals surface area contributed by atoms with Gasteiger partial charge in [0.1, 0.15) is 6.10 Å². The van der Waals surface area contributed by atoms with Crippen LogP contribution in [0.15, 0.2) is 24.3 Å². The molecule has 164 valence electrons. The number of carbonyl (C=O) groups is 2. The van der Waals surface area contributed by atoms with Crippen molar-refractivity contribution in [2.75, 3.05) is 26.4 Å². The second kappa shape index (κ2) is 9.90. The molecule has 1 aromatic rings. The SMILES string of the molecule is O=C(N[C@H]1CC[C@H](CC(=O)N2CCc3ccccc3C2)O[C@@H]1CO)C1CCOCC1. The molecule has 3 aliphatic rings. The number of aliphatic hydroxyl groups excluding tert-OH is 1. The first-order valence-corrected chi connectivity index (χ1v) is 11.1. The van der Waals surface area contributed by atoms with Gasteiger partial charge in [-0.1, -0.05) is 24.3 Å². The summed E-state index contributed by atoms with van der Waals surface area (Å²) in [4.78, 5) is 27.3. The molecule has 4 rings (SSSR count). The van der Waals surface area contributed by atoms with E-state index in [1.807, 2.05) is 17.0 Å². The molecule has 7 heteroatoms. The Morgan fingerprint density at radius 3 is 2.63 bits per heavy atom. The van der Waals surface area contributed by atoms with Crippen LogP contribution in [-0.4, -0.2) is 66.4 Å². The van der Waals surface area contributed by atoms with Gasteiger partial charge in [-0.05, 0) is 43.2 Å². The Kier molecular flexibility index (Phi) is 7.02. The molecular formula is C23H32N2O5. The average Bonchev–Trinajstić information content (AvgIpc) is 2.80. The topological polar surface area (TPSA) is 88.1 Å². The molecule has 0 spiro atoms. The van der Waals surface area contributed by atoms with Crippen molar-refractivity contribution in [3.63, 3.8) is 0 Å². The minimum atomic E-state index is -0.470. The van der Waals surface area contributed by atoms with Crippen LogP contribution in [0.3, 0.4) is 0 Å². The van der Waals surface area contributed by atoms with Crippen molar-refractivity contribution >= 4 is 11.8 Å². The van der Waals surface area contributed by atoms with Gasteiger partial charge in [0.2, 0.25) is 11.8 Å². The van der Waals surface area contributed by atoms with Gasteiger partial charge in [0.15, 0.2) is 0 Å². The molecule has 7 nitrogen and oxygen atoms in total. The molecule has 2 saturated heterocycles. The largest absolute Gasteiger partial charge is 0.394 e. The lowest BCUT2D eigenvalue weighted by Gasteiger charge is -2.38. The monoisotopic (exact) mass is 416 g/mol. The molecule has 2 fully saturated rings. The van der Waals surface area contributed by atoms with E-state index in [0.717, 1.165) is 25.8 Å². The van der Waals surface area contributed by atoms with Gasteiger partial charge in [-0.3, -0.25) is 9.59 Å². The molecule has 3 aliphatic heterocycles. The zero-order valence-electron chi connectivity index (χ0n) is 17.4. The van der Waals surface area contributed by atoms with Crippen LogP contribution in [0.1, 0.15) is 43.2 Å². The van der Waals surface area contributed by atoms with E-state index in [1.54, 1.807) is 0 Å². The van der Waals surface area contributed by atoms with E-state index in [-0.39, 0.29) is 36.5 Å². The van der Waals surface area contributed by atoms with Crippen LogP contribution in [0.25, 0.3) is 0 Å². The summed E-state index contributed by atoms with van der Waals surface area (Å²) in [6.07, 6.45) is 3.39. The number of nitrogens with one attached hydrogen (secondary N) is 1. The molecule has 3 heterocycles. The number of benzene rings is 1. The van der Waals surface area contributed by atoms with Crippen LogP contribution in [0.5, 0.6) is 0 Å². The molecule has 3 atom stereocenters. The Labute approximate surface area is 177 Å². The van der Waals surface area contributed by atoms with Gasteiger partial charge in [0, 0.05) is 32.2 Å².